The van der Waals surface area contributed by atoms with E-state index in [-0.39, 0.29) is 11.3 Å². The molecular formula is C26H21Cl2N3O3S. The Balaban J connectivity index is 1.71. The Kier molecular flexibility index (Phi) is 6.17. The molecule has 5 rings (SSSR count). The van der Waals surface area contributed by atoms with Crippen molar-refractivity contribution in [2.24, 2.45) is 0 Å². The largest absolute Gasteiger partial charge is 0.332 e. The van der Waals surface area contributed by atoms with Crippen molar-refractivity contribution in [3.8, 4) is 11.3 Å². The Hall–Kier alpha value is -3.13. The van der Waals surface area contributed by atoms with E-state index >= 15 is 0 Å². The second-order valence-electron chi connectivity index (χ2n) is 8.40. The summed E-state index contributed by atoms with van der Waals surface area (Å²) in [5, 5.41) is 1.11. The van der Waals surface area contributed by atoms with Crippen molar-refractivity contribution in [2.75, 3.05) is 0 Å². The molecule has 1 amide bonds. The lowest BCUT2D eigenvalue weighted by Gasteiger charge is -2.29. The van der Waals surface area contributed by atoms with Gasteiger partial charge >= 0.3 is 0 Å². The highest BCUT2D eigenvalue weighted by atomic mass is 35.5. The van der Waals surface area contributed by atoms with Crippen molar-refractivity contribution < 1.29 is 13.2 Å². The van der Waals surface area contributed by atoms with E-state index in [1.807, 2.05) is 29.8 Å². The Morgan fingerprint density at radius 3 is 2.11 bits per heavy atom. The number of sulfonamides is 1. The van der Waals surface area contributed by atoms with Crippen LogP contribution in [0.4, 0.5) is 0 Å². The fraction of sp³-hybridized carbons (Fsp3) is 0.154. The highest BCUT2D eigenvalue weighted by Crippen LogP contribution is 2.37. The number of fused-ring (bicyclic) bond motifs is 1. The Morgan fingerprint density at radius 2 is 1.49 bits per heavy atom. The smallest absolute Gasteiger partial charge is 0.267 e. The minimum absolute atomic E-state index is 0.0125. The number of carbonyl (C=O) groups is 1. The lowest BCUT2D eigenvalue weighted by molar-refractivity contribution is -0.127. The van der Waals surface area contributed by atoms with E-state index in [2.05, 4.69) is 0 Å². The van der Waals surface area contributed by atoms with Gasteiger partial charge in [-0.1, -0.05) is 65.2 Å². The number of benzene rings is 3. The zero-order chi connectivity index (χ0) is 24.7. The summed E-state index contributed by atoms with van der Waals surface area (Å²) in [5.41, 5.74) is 3.01. The zero-order valence-electron chi connectivity index (χ0n) is 18.7. The molecule has 0 saturated carbocycles. The molecule has 4 aromatic rings. The topological polar surface area (TPSA) is 72.3 Å². The van der Waals surface area contributed by atoms with E-state index in [1.54, 1.807) is 48.5 Å². The molecule has 0 radical (unpaired) electrons. The van der Waals surface area contributed by atoms with Crippen molar-refractivity contribution in [1.29, 1.82) is 0 Å². The predicted molar refractivity (Wildman–Crippen MR) is 136 cm³/mol. The molecule has 2 heterocycles. The second kappa shape index (κ2) is 9.15. The van der Waals surface area contributed by atoms with Crippen molar-refractivity contribution in [1.82, 2.24) is 13.9 Å². The molecule has 0 saturated heterocycles. The average molecular weight is 526 g/mol. The third kappa shape index (κ3) is 4.47. The number of amides is 1. The molecule has 1 aliphatic rings. The highest BCUT2D eigenvalue weighted by molar-refractivity contribution is 7.89. The van der Waals surface area contributed by atoms with Gasteiger partial charge in [0.1, 0.15) is 11.9 Å². The van der Waals surface area contributed by atoms with E-state index < -0.39 is 22.0 Å². The van der Waals surface area contributed by atoms with Crippen LogP contribution >= 0.6 is 23.2 Å². The van der Waals surface area contributed by atoms with Gasteiger partial charge in [0.25, 0.3) is 10.0 Å². The number of hydrogen-bond donors (Lipinski definition) is 0. The normalized spacial score (nSPS) is 16.1. The summed E-state index contributed by atoms with van der Waals surface area (Å²) in [6.45, 7) is 2.18. The zero-order valence-corrected chi connectivity index (χ0v) is 21.1. The van der Waals surface area contributed by atoms with Gasteiger partial charge in [-0.25, -0.2) is 17.7 Å². The van der Waals surface area contributed by atoms with Crippen molar-refractivity contribution in [2.45, 2.75) is 30.8 Å². The number of aromatic nitrogens is 2. The number of halogens is 2. The summed E-state index contributed by atoms with van der Waals surface area (Å²) in [6.07, 6.45) is 1.86. The molecule has 0 fully saturated rings. The second-order valence-corrected chi connectivity index (χ2v) is 11.1. The van der Waals surface area contributed by atoms with Crippen LogP contribution in [0.15, 0.2) is 83.9 Å². The highest BCUT2D eigenvalue weighted by Gasteiger charge is 2.41. The monoisotopic (exact) mass is 525 g/mol. The van der Waals surface area contributed by atoms with Crippen LogP contribution in [-0.2, 0) is 21.4 Å². The fourth-order valence-corrected chi connectivity index (χ4v) is 6.00. The summed E-state index contributed by atoms with van der Waals surface area (Å²) in [7, 11) is -4.18. The number of nitrogens with zero attached hydrogens (tertiary/aromatic N) is 3. The van der Waals surface area contributed by atoms with Crippen LogP contribution < -0.4 is 0 Å². The van der Waals surface area contributed by atoms with Gasteiger partial charge in [-0.15, -0.1) is 0 Å². The molecule has 178 valence electrons. The van der Waals surface area contributed by atoms with Crippen LogP contribution in [-0.4, -0.2) is 28.2 Å². The molecule has 1 unspecified atom stereocenters. The summed E-state index contributed by atoms with van der Waals surface area (Å²) >= 11 is 12.2. The first-order valence-electron chi connectivity index (χ1n) is 11.0. The lowest BCUT2D eigenvalue weighted by Crippen LogP contribution is -2.39. The quantitative estimate of drug-likeness (QED) is 0.333. The summed E-state index contributed by atoms with van der Waals surface area (Å²) in [4.78, 5) is 18.3. The first kappa shape index (κ1) is 23.6. The standard InChI is InChI=1S/C26H21Cl2N3O3S/c1-17-2-12-22(13-3-17)35(33,34)31-24(32)14-15-30-16-23(18-4-8-20(27)9-5-18)29-26(30)25(31)19-6-10-21(28)11-7-19/h2-13,16,25H,14-15H2,1H3. The third-order valence-electron chi connectivity index (χ3n) is 6.00. The summed E-state index contributed by atoms with van der Waals surface area (Å²) in [5.74, 6) is -0.0390. The van der Waals surface area contributed by atoms with Gasteiger partial charge in [-0.2, -0.15) is 0 Å². The maximum atomic E-state index is 13.9. The number of aryl methyl sites for hydroxylation is 2. The van der Waals surface area contributed by atoms with Crippen LogP contribution in [0.25, 0.3) is 11.3 Å². The first-order chi connectivity index (χ1) is 16.7. The Labute approximate surface area is 213 Å². The molecule has 35 heavy (non-hydrogen) atoms. The molecule has 3 aromatic carbocycles. The van der Waals surface area contributed by atoms with E-state index in [1.165, 1.54) is 12.1 Å². The molecule has 0 aliphatic carbocycles. The SMILES string of the molecule is Cc1ccc(S(=O)(=O)N2C(=O)CCn3cc(-c4ccc(Cl)cc4)nc3C2c2ccc(Cl)cc2)cc1. The first-order valence-corrected chi connectivity index (χ1v) is 13.2. The molecule has 1 atom stereocenters. The number of imidazole rings is 1. The lowest BCUT2D eigenvalue weighted by atomic mass is 10.1. The van der Waals surface area contributed by atoms with Gasteiger partial charge in [0.15, 0.2) is 0 Å². The van der Waals surface area contributed by atoms with Gasteiger partial charge in [-0.05, 0) is 48.9 Å². The van der Waals surface area contributed by atoms with Crippen molar-refractivity contribution in [3.63, 3.8) is 0 Å². The van der Waals surface area contributed by atoms with Gasteiger partial charge in [0, 0.05) is 34.8 Å². The fourth-order valence-electron chi connectivity index (χ4n) is 4.19. The third-order valence-corrected chi connectivity index (χ3v) is 8.31. The molecule has 1 aliphatic heterocycles. The average Bonchev–Trinajstić information content (AvgIpc) is 3.20. The minimum atomic E-state index is -4.18. The van der Waals surface area contributed by atoms with Crippen LogP contribution in [0.1, 0.15) is 29.4 Å². The van der Waals surface area contributed by atoms with Gasteiger partial charge in [-0.3, -0.25) is 4.79 Å². The molecular weight excluding hydrogens is 505 g/mol. The van der Waals surface area contributed by atoms with E-state index in [4.69, 9.17) is 28.2 Å². The number of carbonyl (C=O) groups excluding carboxylic acids is 1. The van der Waals surface area contributed by atoms with Crippen molar-refractivity contribution in [3.05, 3.63) is 106 Å². The van der Waals surface area contributed by atoms with E-state index in [9.17, 15) is 13.2 Å². The van der Waals surface area contributed by atoms with Gasteiger partial charge in [0.2, 0.25) is 5.91 Å². The Morgan fingerprint density at radius 1 is 0.886 bits per heavy atom. The predicted octanol–water partition coefficient (Wildman–Crippen LogP) is 5.88. The molecule has 1 aromatic heterocycles. The molecule has 0 spiro atoms. The summed E-state index contributed by atoms with van der Waals surface area (Å²) < 4.78 is 30.6. The van der Waals surface area contributed by atoms with Gasteiger partial charge < -0.3 is 4.57 Å². The Bertz CT molecular complexity index is 1500. The van der Waals surface area contributed by atoms with E-state index in [0.29, 0.717) is 33.7 Å². The maximum absolute atomic E-state index is 13.9. The van der Waals surface area contributed by atoms with Crippen molar-refractivity contribution >= 4 is 39.1 Å². The molecule has 0 N–H and O–H groups in total. The molecule has 6 nitrogen and oxygen atoms in total. The number of rotatable bonds is 4. The minimum Gasteiger partial charge on any atom is -0.332 e. The molecule has 9 heteroatoms. The van der Waals surface area contributed by atoms with Crippen LogP contribution in [0.5, 0.6) is 0 Å². The van der Waals surface area contributed by atoms with E-state index in [0.717, 1.165) is 15.4 Å². The van der Waals surface area contributed by atoms with Crippen LogP contribution in [0.2, 0.25) is 10.0 Å². The maximum Gasteiger partial charge on any atom is 0.267 e. The van der Waals surface area contributed by atoms with Gasteiger partial charge in [0.05, 0.1) is 10.6 Å². The molecule has 0 bridgehead atoms. The number of hydrogen-bond acceptors (Lipinski definition) is 4. The summed E-state index contributed by atoms with van der Waals surface area (Å²) in [6, 6.07) is 19.6. The van der Waals surface area contributed by atoms with Crippen LogP contribution in [0.3, 0.4) is 0 Å². The van der Waals surface area contributed by atoms with Crippen LogP contribution in [0, 0.1) is 6.92 Å².